The topological polar surface area (TPSA) is 134 Å². The molecule has 0 saturated heterocycles. The maximum atomic E-state index is 12.5. The Morgan fingerprint density at radius 3 is 2.53 bits per heavy atom. The van der Waals surface area contributed by atoms with Crippen LogP contribution >= 0.6 is 0 Å². The summed E-state index contributed by atoms with van der Waals surface area (Å²) < 4.78 is 7.95. The molecule has 168 valence electrons. The van der Waals surface area contributed by atoms with Crippen molar-refractivity contribution in [3.8, 4) is 0 Å². The van der Waals surface area contributed by atoms with E-state index in [2.05, 4.69) is 15.5 Å². The largest absolute Gasteiger partial charge is 0.465 e. The lowest BCUT2D eigenvalue weighted by atomic mass is 10.1. The number of esters is 1. The number of aromatic nitrogens is 4. The number of nitro groups is 1. The number of hydrogen-bond acceptors (Lipinski definition) is 7. The highest BCUT2D eigenvalue weighted by molar-refractivity contribution is 5.92. The van der Waals surface area contributed by atoms with Crippen LogP contribution in [0, 0.1) is 30.9 Å². The fourth-order valence-corrected chi connectivity index (χ4v) is 3.38. The zero-order valence-electron chi connectivity index (χ0n) is 18.3. The number of rotatable bonds is 8. The molecule has 1 N–H and O–H groups in total. The number of amides is 1. The van der Waals surface area contributed by atoms with Gasteiger partial charge in [0.25, 0.3) is 0 Å². The first-order chi connectivity index (χ1) is 15.2. The molecule has 1 aromatic carbocycles. The van der Waals surface area contributed by atoms with Crippen molar-refractivity contribution in [1.29, 1.82) is 0 Å². The summed E-state index contributed by atoms with van der Waals surface area (Å²) in [7, 11) is 1.33. The van der Waals surface area contributed by atoms with E-state index in [1.54, 1.807) is 30.7 Å². The molecule has 0 saturated carbocycles. The number of benzene rings is 1. The molecule has 2 heterocycles. The van der Waals surface area contributed by atoms with E-state index in [0.29, 0.717) is 29.2 Å². The van der Waals surface area contributed by atoms with Crippen LogP contribution in [0.5, 0.6) is 0 Å². The van der Waals surface area contributed by atoms with Crippen molar-refractivity contribution in [2.24, 2.45) is 0 Å². The lowest BCUT2D eigenvalue weighted by molar-refractivity contribution is -0.385. The summed E-state index contributed by atoms with van der Waals surface area (Å²) in [4.78, 5) is 34.9. The highest BCUT2D eigenvalue weighted by Crippen LogP contribution is 2.22. The molecule has 11 heteroatoms. The van der Waals surface area contributed by atoms with Gasteiger partial charge in [0.1, 0.15) is 11.9 Å². The molecule has 32 heavy (non-hydrogen) atoms. The standard InChI is InChI=1S/C21H24N6O5/c1-13-18(27(30)31)12-25(23-13)10-9-19(28)22-20-14(2)24-26(15(20)3)11-16-7-5-6-8-17(16)21(29)32-4/h5-8,12H,9-11H2,1-4H3,(H,22,28). The maximum absolute atomic E-state index is 12.5. The number of methoxy groups -OCH3 is 1. The summed E-state index contributed by atoms with van der Waals surface area (Å²) in [5.74, 6) is -0.689. The number of anilines is 1. The fourth-order valence-electron chi connectivity index (χ4n) is 3.38. The van der Waals surface area contributed by atoms with Gasteiger partial charge < -0.3 is 10.1 Å². The maximum Gasteiger partial charge on any atom is 0.338 e. The number of carbonyl (C=O) groups is 2. The number of aryl methyl sites for hydroxylation is 3. The molecule has 3 aromatic rings. The third-order valence-electron chi connectivity index (χ3n) is 5.07. The van der Waals surface area contributed by atoms with Crippen molar-refractivity contribution in [2.75, 3.05) is 12.4 Å². The Kier molecular flexibility index (Phi) is 6.67. The first kappa shape index (κ1) is 22.7. The number of hydrogen-bond donors (Lipinski definition) is 1. The number of nitrogens with one attached hydrogen (secondary N) is 1. The molecule has 0 aliphatic heterocycles. The summed E-state index contributed by atoms with van der Waals surface area (Å²) >= 11 is 0. The van der Waals surface area contributed by atoms with Gasteiger partial charge in [-0.25, -0.2) is 4.79 Å². The van der Waals surface area contributed by atoms with E-state index in [1.807, 2.05) is 19.1 Å². The van der Waals surface area contributed by atoms with Crippen LogP contribution in [0.25, 0.3) is 0 Å². The van der Waals surface area contributed by atoms with Crippen molar-refractivity contribution < 1.29 is 19.2 Å². The van der Waals surface area contributed by atoms with Crippen LogP contribution in [-0.4, -0.2) is 43.5 Å². The van der Waals surface area contributed by atoms with Gasteiger partial charge >= 0.3 is 11.7 Å². The normalized spacial score (nSPS) is 10.8. The third kappa shape index (κ3) is 4.82. The minimum absolute atomic E-state index is 0.0781. The molecule has 0 fully saturated rings. The van der Waals surface area contributed by atoms with Crippen molar-refractivity contribution in [3.63, 3.8) is 0 Å². The van der Waals surface area contributed by atoms with E-state index in [0.717, 1.165) is 11.3 Å². The molecule has 1 amide bonds. The predicted molar refractivity (Wildman–Crippen MR) is 115 cm³/mol. The summed E-state index contributed by atoms with van der Waals surface area (Å²) in [5, 5.41) is 22.4. The molecule has 0 bridgehead atoms. The second-order valence-corrected chi connectivity index (χ2v) is 7.27. The van der Waals surface area contributed by atoms with Crippen molar-refractivity contribution in [3.05, 3.63) is 68.8 Å². The van der Waals surface area contributed by atoms with E-state index in [9.17, 15) is 19.7 Å². The van der Waals surface area contributed by atoms with Crippen LogP contribution < -0.4 is 5.32 Å². The predicted octanol–water partition coefficient (Wildman–Crippen LogP) is 2.78. The van der Waals surface area contributed by atoms with E-state index in [4.69, 9.17) is 4.74 Å². The SMILES string of the molecule is COC(=O)c1ccccc1Cn1nc(C)c(NC(=O)CCn2cc([N+](=O)[O-])c(C)n2)c1C. The highest BCUT2D eigenvalue weighted by atomic mass is 16.6. The molecule has 0 unspecified atom stereocenters. The van der Waals surface area contributed by atoms with Crippen LogP contribution in [0.15, 0.2) is 30.5 Å². The molecular weight excluding hydrogens is 416 g/mol. The van der Waals surface area contributed by atoms with Crippen molar-refractivity contribution in [1.82, 2.24) is 19.6 Å². The summed E-state index contributed by atoms with van der Waals surface area (Å²) in [6, 6.07) is 7.11. The number of nitrogens with zero attached hydrogens (tertiary/aromatic N) is 5. The molecule has 0 aliphatic rings. The van der Waals surface area contributed by atoms with Gasteiger partial charge in [0.15, 0.2) is 0 Å². The summed E-state index contributed by atoms with van der Waals surface area (Å²) in [6.45, 7) is 5.71. The van der Waals surface area contributed by atoms with Crippen molar-refractivity contribution in [2.45, 2.75) is 40.3 Å². The molecular formula is C21H24N6O5. The minimum Gasteiger partial charge on any atom is -0.465 e. The van der Waals surface area contributed by atoms with Crippen LogP contribution in [0.3, 0.4) is 0 Å². The zero-order chi connectivity index (χ0) is 23.4. The lowest BCUT2D eigenvalue weighted by Gasteiger charge is -2.10. The second-order valence-electron chi connectivity index (χ2n) is 7.27. The summed E-state index contributed by atoms with van der Waals surface area (Å²) in [5.41, 5.74) is 3.39. The first-order valence-corrected chi connectivity index (χ1v) is 9.89. The third-order valence-corrected chi connectivity index (χ3v) is 5.07. The molecule has 3 rings (SSSR count). The van der Waals surface area contributed by atoms with Crippen LogP contribution in [-0.2, 0) is 22.6 Å². The fraction of sp³-hybridized carbons (Fsp3) is 0.333. The molecule has 0 atom stereocenters. The Bertz CT molecular complexity index is 1180. The number of ether oxygens (including phenoxy) is 1. The Hall–Kier alpha value is -4.02. The minimum atomic E-state index is -0.502. The first-order valence-electron chi connectivity index (χ1n) is 9.89. The van der Waals surface area contributed by atoms with Gasteiger partial charge in [0.05, 0.1) is 41.2 Å². The van der Waals surface area contributed by atoms with Gasteiger partial charge in [-0.15, -0.1) is 0 Å². The highest BCUT2D eigenvalue weighted by Gasteiger charge is 2.19. The van der Waals surface area contributed by atoms with Gasteiger partial charge in [0, 0.05) is 13.0 Å². The summed E-state index contributed by atoms with van der Waals surface area (Å²) in [6.07, 6.45) is 1.41. The van der Waals surface area contributed by atoms with E-state index >= 15 is 0 Å². The van der Waals surface area contributed by atoms with Gasteiger partial charge in [0.2, 0.25) is 5.91 Å². The van der Waals surface area contributed by atoms with E-state index < -0.39 is 10.9 Å². The van der Waals surface area contributed by atoms with E-state index in [-0.39, 0.29) is 24.6 Å². The Balaban J connectivity index is 1.70. The molecule has 0 spiro atoms. The smallest absolute Gasteiger partial charge is 0.338 e. The van der Waals surface area contributed by atoms with Crippen LogP contribution in [0.1, 0.15) is 39.4 Å². The molecule has 0 radical (unpaired) electrons. The monoisotopic (exact) mass is 440 g/mol. The Morgan fingerprint density at radius 2 is 1.88 bits per heavy atom. The average Bonchev–Trinajstić information content (AvgIpc) is 3.26. The average molecular weight is 440 g/mol. The molecule has 2 aromatic heterocycles. The Labute approximate surface area is 184 Å². The number of carbonyl (C=O) groups excluding carboxylic acids is 2. The molecule has 11 nitrogen and oxygen atoms in total. The van der Waals surface area contributed by atoms with Gasteiger partial charge in [-0.05, 0) is 32.4 Å². The quantitative estimate of drug-likeness (QED) is 0.323. The van der Waals surface area contributed by atoms with E-state index in [1.165, 1.54) is 18.0 Å². The van der Waals surface area contributed by atoms with Gasteiger partial charge in [-0.3, -0.25) is 24.3 Å². The van der Waals surface area contributed by atoms with Gasteiger partial charge in [-0.2, -0.15) is 10.2 Å². The zero-order valence-corrected chi connectivity index (χ0v) is 18.3. The second kappa shape index (κ2) is 9.41. The van der Waals surface area contributed by atoms with Crippen LogP contribution in [0.4, 0.5) is 11.4 Å². The van der Waals surface area contributed by atoms with Crippen molar-refractivity contribution >= 4 is 23.3 Å². The molecule has 0 aliphatic carbocycles. The van der Waals surface area contributed by atoms with Crippen LogP contribution in [0.2, 0.25) is 0 Å². The van der Waals surface area contributed by atoms with Gasteiger partial charge in [-0.1, -0.05) is 18.2 Å². The lowest BCUT2D eigenvalue weighted by Crippen LogP contribution is -2.16. The Morgan fingerprint density at radius 1 is 1.16 bits per heavy atom.